The second-order valence-electron chi connectivity index (χ2n) is 5.03. The van der Waals surface area contributed by atoms with Crippen LogP contribution in [-0.4, -0.2) is 18.2 Å². The van der Waals surface area contributed by atoms with E-state index in [0.717, 1.165) is 6.07 Å². The molecule has 0 bridgehead atoms. The minimum atomic E-state index is -1.22. The number of carbonyl (C=O) groups excluding carboxylic acids is 1. The number of benzene rings is 1. The molecule has 0 amide bonds. The van der Waals surface area contributed by atoms with Gasteiger partial charge in [0, 0.05) is 5.56 Å². The Bertz CT molecular complexity index is 532. The number of carbonyl (C=O) groups is 1. The van der Waals surface area contributed by atoms with E-state index in [1.165, 1.54) is 12.1 Å². The molecule has 1 aliphatic rings. The van der Waals surface area contributed by atoms with Gasteiger partial charge in [-0.25, -0.2) is 13.6 Å². The van der Waals surface area contributed by atoms with Crippen molar-refractivity contribution in [1.82, 2.24) is 0 Å². The van der Waals surface area contributed by atoms with Crippen LogP contribution in [-0.2, 0) is 19.9 Å². The number of hydrogen-bond acceptors (Lipinski definition) is 3. The first-order valence-electron chi connectivity index (χ1n) is 6.74. The molecule has 110 valence electrons. The Balaban J connectivity index is 2.41. The van der Waals surface area contributed by atoms with E-state index in [1.807, 2.05) is 6.92 Å². The van der Waals surface area contributed by atoms with Crippen molar-refractivity contribution in [2.45, 2.75) is 44.8 Å². The SMILES string of the molecule is CCCC1(C(=O)OCC)OC1(C)c1cccc(F)c1F. The summed E-state index contributed by atoms with van der Waals surface area (Å²) in [6.45, 7) is 5.40. The second-order valence-corrected chi connectivity index (χ2v) is 5.03. The van der Waals surface area contributed by atoms with Crippen LogP contribution in [0.1, 0.15) is 39.2 Å². The summed E-state index contributed by atoms with van der Waals surface area (Å²) in [5.74, 6) is -2.45. The Morgan fingerprint density at radius 2 is 2.05 bits per heavy atom. The summed E-state index contributed by atoms with van der Waals surface area (Å²) in [5.41, 5.74) is -2.34. The molecule has 2 atom stereocenters. The van der Waals surface area contributed by atoms with Crippen molar-refractivity contribution in [1.29, 1.82) is 0 Å². The molecule has 5 heteroatoms. The first kappa shape index (κ1) is 14.9. The summed E-state index contributed by atoms with van der Waals surface area (Å²) in [6, 6.07) is 3.88. The van der Waals surface area contributed by atoms with Gasteiger partial charge in [-0.15, -0.1) is 0 Å². The van der Waals surface area contributed by atoms with E-state index in [2.05, 4.69) is 0 Å². The molecule has 1 aliphatic heterocycles. The number of halogens is 2. The molecule has 0 N–H and O–H groups in total. The minimum Gasteiger partial charge on any atom is -0.464 e. The number of hydrogen-bond donors (Lipinski definition) is 0. The molecular weight excluding hydrogens is 266 g/mol. The lowest BCUT2D eigenvalue weighted by Crippen LogP contribution is -2.34. The normalized spacial score (nSPS) is 28.2. The van der Waals surface area contributed by atoms with Crippen molar-refractivity contribution >= 4 is 5.97 Å². The Morgan fingerprint density at radius 3 is 2.65 bits per heavy atom. The van der Waals surface area contributed by atoms with E-state index in [4.69, 9.17) is 9.47 Å². The first-order chi connectivity index (χ1) is 9.43. The van der Waals surface area contributed by atoms with Crippen LogP contribution in [0, 0.1) is 11.6 Å². The standard InChI is InChI=1S/C15H18F2O3/c1-4-9-15(13(18)19-5-2)14(3,20-15)10-7-6-8-11(16)12(10)17/h6-8H,4-5,9H2,1-3H3. The van der Waals surface area contributed by atoms with E-state index < -0.39 is 28.8 Å². The van der Waals surface area contributed by atoms with Gasteiger partial charge in [0.15, 0.2) is 17.2 Å². The molecule has 1 heterocycles. The Labute approximate surface area is 116 Å². The lowest BCUT2D eigenvalue weighted by molar-refractivity contribution is -0.149. The van der Waals surface area contributed by atoms with Crippen LogP contribution in [0.5, 0.6) is 0 Å². The summed E-state index contributed by atoms with van der Waals surface area (Å²) in [5, 5.41) is 0. The largest absolute Gasteiger partial charge is 0.464 e. The van der Waals surface area contributed by atoms with Gasteiger partial charge in [0.1, 0.15) is 5.60 Å². The van der Waals surface area contributed by atoms with Crippen molar-refractivity contribution in [3.05, 3.63) is 35.4 Å². The van der Waals surface area contributed by atoms with Crippen LogP contribution in [0.25, 0.3) is 0 Å². The van der Waals surface area contributed by atoms with Gasteiger partial charge >= 0.3 is 5.97 Å². The van der Waals surface area contributed by atoms with Gasteiger partial charge in [-0.05, 0) is 26.3 Å². The lowest BCUT2D eigenvalue weighted by Gasteiger charge is -2.16. The number of esters is 1. The second kappa shape index (κ2) is 5.13. The molecule has 20 heavy (non-hydrogen) atoms. The maximum absolute atomic E-state index is 14.0. The third kappa shape index (κ3) is 2.00. The van der Waals surface area contributed by atoms with E-state index in [9.17, 15) is 13.6 Å². The molecule has 3 nitrogen and oxygen atoms in total. The van der Waals surface area contributed by atoms with Gasteiger partial charge < -0.3 is 9.47 Å². The van der Waals surface area contributed by atoms with E-state index in [0.29, 0.717) is 12.8 Å². The van der Waals surface area contributed by atoms with Gasteiger partial charge in [0.05, 0.1) is 6.61 Å². The Kier molecular flexibility index (Phi) is 3.82. The molecule has 0 saturated carbocycles. The third-order valence-corrected chi connectivity index (χ3v) is 3.78. The molecule has 0 radical (unpaired) electrons. The summed E-state index contributed by atoms with van der Waals surface area (Å²) in [7, 11) is 0. The zero-order valence-corrected chi connectivity index (χ0v) is 11.8. The zero-order chi connectivity index (χ0) is 15.0. The zero-order valence-electron chi connectivity index (χ0n) is 11.8. The minimum absolute atomic E-state index is 0.0546. The number of ether oxygens (including phenoxy) is 2. The van der Waals surface area contributed by atoms with E-state index in [1.54, 1.807) is 13.8 Å². The van der Waals surface area contributed by atoms with Crippen molar-refractivity contribution in [2.24, 2.45) is 0 Å². The van der Waals surface area contributed by atoms with Crippen molar-refractivity contribution in [3.8, 4) is 0 Å². The average Bonchev–Trinajstić information content (AvgIpc) is 3.01. The molecule has 2 rings (SSSR count). The fraction of sp³-hybridized carbons (Fsp3) is 0.533. The molecular formula is C15H18F2O3. The van der Waals surface area contributed by atoms with Crippen LogP contribution >= 0.6 is 0 Å². The fourth-order valence-electron chi connectivity index (χ4n) is 2.70. The summed E-state index contributed by atoms with van der Waals surface area (Å²) in [4.78, 5) is 12.1. The maximum Gasteiger partial charge on any atom is 0.341 e. The van der Waals surface area contributed by atoms with Gasteiger partial charge in [-0.3, -0.25) is 0 Å². The highest BCUT2D eigenvalue weighted by Crippen LogP contribution is 2.59. The highest BCUT2D eigenvalue weighted by atomic mass is 19.2. The predicted molar refractivity (Wildman–Crippen MR) is 69.1 cm³/mol. The van der Waals surface area contributed by atoms with Crippen LogP contribution in [0.15, 0.2) is 18.2 Å². The van der Waals surface area contributed by atoms with Crippen molar-refractivity contribution in [3.63, 3.8) is 0 Å². The number of epoxide rings is 1. The van der Waals surface area contributed by atoms with Crippen molar-refractivity contribution < 1.29 is 23.0 Å². The Hall–Kier alpha value is -1.49. The highest BCUT2D eigenvalue weighted by Gasteiger charge is 2.73. The third-order valence-electron chi connectivity index (χ3n) is 3.78. The van der Waals surface area contributed by atoms with Crippen LogP contribution in [0.2, 0.25) is 0 Å². The molecule has 1 aromatic rings. The molecule has 1 fully saturated rings. The molecule has 0 aliphatic carbocycles. The summed E-state index contributed by atoms with van der Waals surface area (Å²) in [6.07, 6.45) is 1.07. The highest BCUT2D eigenvalue weighted by molar-refractivity contribution is 5.85. The molecule has 1 aromatic carbocycles. The lowest BCUT2D eigenvalue weighted by atomic mass is 9.84. The van der Waals surface area contributed by atoms with Crippen LogP contribution in [0.3, 0.4) is 0 Å². The van der Waals surface area contributed by atoms with Gasteiger partial charge in [-0.2, -0.15) is 0 Å². The van der Waals surface area contributed by atoms with E-state index in [-0.39, 0.29) is 12.2 Å². The number of rotatable bonds is 5. The fourth-order valence-corrected chi connectivity index (χ4v) is 2.70. The maximum atomic E-state index is 14.0. The van der Waals surface area contributed by atoms with Crippen molar-refractivity contribution in [2.75, 3.05) is 6.61 Å². The molecule has 0 aromatic heterocycles. The topological polar surface area (TPSA) is 38.8 Å². The monoisotopic (exact) mass is 284 g/mol. The van der Waals surface area contributed by atoms with E-state index >= 15 is 0 Å². The van der Waals surface area contributed by atoms with Crippen LogP contribution < -0.4 is 0 Å². The average molecular weight is 284 g/mol. The summed E-state index contributed by atoms with van der Waals surface area (Å²) < 4.78 is 38.0. The Morgan fingerprint density at radius 1 is 1.35 bits per heavy atom. The molecule has 0 spiro atoms. The predicted octanol–water partition coefficient (Wildman–Crippen LogP) is 3.31. The molecule has 2 unspecified atom stereocenters. The first-order valence-corrected chi connectivity index (χ1v) is 6.74. The van der Waals surface area contributed by atoms with Gasteiger partial charge in [-0.1, -0.05) is 25.5 Å². The summed E-state index contributed by atoms with van der Waals surface area (Å²) >= 11 is 0. The van der Waals surface area contributed by atoms with Gasteiger partial charge in [0.25, 0.3) is 0 Å². The van der Waals surface area contributed by atoms with Gasteiger partial charge in [0.2, 0.25) is 0 Å². The molecule has 1 saturated heterocycles. The van der Waals surface area contributed by atoms with Crippen LogP contribution in [0.4, 0.5) is 8.78 Å². The quantitative estimate of drug-likeness (QED) is 0.615. The smallest absolute Gasteiger partial charge is 0.341 e.